The number of benzene rings is 2. The van der Waals surface area contributed by atoms with Crippen molar-refractivity contribution in [2.24, 2.45) is 0 Å². The molecule has 11 heteroatoms. The number of rotatable bonds is 6. The summed E-state index contributed by atoms with van der Waals surface area (Å²) in [6.07, 6.45) is -4.59. The van der Waals surface area contributed by atoms with Gasteiger partial charge >= 0.3 is 6.18 Å². The second-order valence-corrected chi connectivity index (χ2v) is 6.74. The molecular weight excluding hydrogens is 417 g/mol. The Morgan fingerprint density at radius 3 is 2.58 bits per heavy atom. The number of nitro benzene ring substituents is 1. The van der Waals surface area contributed by atoms with Crippen LogP contribution < -0.4 is 4.74 Å². The summed E-state index contributed by atoms with van der Waals surface area (Å²) in [6.45, 7) is 0.148. The van der Waals surface area contributed by atoms with E-state index < -0.39 is 34.9 Å². The lowest BCUT2D eigenvalue weighted by Crippen LogP contribution is -2.28. The lowest BCUT2D eigenvalue weighted by atomic mass is 10.1. The van der Waals surface area contributed by atoms with E-state index in [9.17, 15) is 28.1 Å². The zero-order valence-corrected chi connectivity index (χ0v) is 16.5. The number of aromatic nitrogens is 2. The monoisotopic (exact) mass is 434 g/mol. The molecular formula is C20H17F3N4O4. The van der Waals surface area contributed by atoms with Crippen molar-refractivity contribution in [3.8, 4) is 5.75 Å². The number of nitro groups is 1. The fourth-order valence-electron chi connectivity index (χ4n) is 2.96. The largest absolute Gasteiger partial charge is 0.484 e. The smallest absolute Gasteiger partial charge is 0.422 e. The third kappa shape index (κ3) is 5.24. The quantitative estimate of drug-likeness (QED) is 0.429. The number of hydrogen-bond donors (Lipinski definition) is 0. The second kappa shape index (κ2) is 8.54. The number of fused-ring (bicyclic) bond motifs is 1. The van der Waals surface area contributed by atoms with Crippen molar-refractivity contribution in [3.05, 3.63) is 69.7 Å². The van der Waals surface area contributed by atoms with Gasteiger partial charge in [0.1, 0.15) is 17.1 Å². The zero-order chi connectivity index (χ0) is 22.8. The third-order valence-electron chi connectivity index (χ3n) is 4.36. The SMILES string of the molecule is Cc1nc(CN(C)C(=O)c2cc(OCC(F)(F)F)ccc2[N+](=O)[O-])nc2ccccc12. The molecule has 3 aromatic rings. The molecule has 162 valence electrons. The molecule has 0 aliphatic heterocycles. The van der Waals surface area contributed by atoms with Gasteiger partial charge in [-0.1, -0.05) is 18.2 Å². The van der Waals surface area contributed by atoms with Gasteiger partial charge in [-0.2, -0.15) is 13.2 Å². The van der Waals surface area contributed by atoms with Crippen LogP contribution in [0.1, 0.15) is 21.9 Å². The number of alkyl halides is 3. The predicted octanol–water partition coefficient (Wildman–Crippen LogP) is 4.06. The molecule has 0 aliphatic rings. The Bertz CT molecular complexity index is 1150. The molecule has 0 atom stereocenters. The summed E-state index contributed by atoms with van der Waals surface area (Å²) < 4.78 is 41.8. The summed E-state index contributed by atoms with van der Waals surface area (Å²) in [5.41, 5.74) is 0.436. The van der Waals surface area contributed by atoms with Crippen LogP contribution in [0, 0.1) is 17.0 Å². The zero-order valence-electron chi connectivity index (χ0n) is 16.5. The van der Waals surface area contributed by atoms with Crippen molar-refractivity contribution in [2.45, 2.75) is 19.6 Å². The van der Waals surface area contributed by atoms with Crippen LogP contribution in [-0.4, -0.2) is 45.5 Å². The van der Waals surface area contributed by atoms with Gasteiger partial charge in [0.25, 0.3) is 11.6 Å². The summed E-state index contributed by atoms with van der Waals surface area (Å²) in [5.74, 6) is -0.768. The van der Waals surface area contributed by atoms with Crippen molar-refractivity contribution < 1.29 is 27.6 Å². The number of carbonyl (C=O) groups excluding carboxylic acids is 1. The lowest BCUT2D eigenvalue weighted by molar-refractivity contribution is -0.385. The Labute approximate surface area is 174 Å². The van der Waals surface area contributed by atoms with Gasteiger partial charge in [0.15, 0.2) is 6.61 Å². The number of carbonyl (C=O) groups is 1. The van der Waals surface area contributed by atoms with Gasteiger partial charge in [-0.05, 0) is 25.1 Å². The topological polar surface area (TPSA) is 98.5 Å². The van der Waals surface area contributed by atoms with Gasteiger partial charge in [0.05, 0.1) is 17.0 Å². The maximum Gasteiger partial charge on any atom is 0.422 e. The molecule has 0 spiro atoms. The fraction of sp³-hybridized carbons (Fsp3) is 0.250. The standard InChI is InChI=1S/C20H17F3N4O4/c1-12-14-5-3-4-6-16(14)25-18(24-12)10-26(2)19(28)15-9-13(31-11-20(21,22)23)7-8-17(15)27(29)30/h3-9H,10-11H2,1-2H3. The first-order valence-corrected chi connectivity index (χ1v) is 9.01. The number of para-hydroxylation sites is 1. The van der Waals surface area contributed by atoms with E-state index in [2.05, 4.69) is 14.7 Å². The fourth-order valence-corrected chi connectivity index (χ4v) is 2.96. The van der Waals surface area contributed by atoms with Crippen molar-refractivity contribution in [1.29, 1.82) is 0 Å². The first-order chi connectivity index (χ1) is 14.5. The molecule has 0 saturated carbocycles. The number of ether oxygens (including phenoxy) is 1. The van der Waals surface area contributed by atoms with Crippen LogP contribution in [0.4, 0.5) is 18.9 Å². The maximum atomic E-state index is 12.9. The summed E-state index contributed by atoms with van der Waals surface area (Å²) in [4.78, 5) is 33.3. The van der Waals surface area contributed by atoms with Gasteiger partial charge in [0.2, 0.25) is 0 Å². The van der Waals surface area contributed by atoms with E-state index in [1.54, 1.807) is 13.0 Å². The molecule has 1 amide bonds. The molecule has 0 unspecified atom stereocenters. The van der Waals surface area contributed by atoms with E-state index in [0.29, 0.717) is 17.0 Å². The molecule has 0 bridgehead atoms. The number of hydrogen-bond acceptors (Lipinski definition) is 6. The van der Waals surface area contributed by atoms with Gasteiger partial charge in [-0.3, -0.25) is 14.9 Å². The Kier molecular flexibility index (Phi) is 6.04. The van der Waals surface area contributed by atoms with Gasteiger partial charge < -0.3 is 9.64 Å². The molecule has 3 rings (SSSR count). The van der Waals surface area contributed by atoms with E-state index in [0.717, 1.165) is 28.5 Å². The molecule has 0 aliphatic carbocycles. The van der Waals surface area contributed by atoms with E-state index in [1.807, 2.05) is 18.2 Å². The van der Waals surface area contributed by atoms with Crippen molar-refractivity contribution in [2.75, 3.05) is 13.7 Å². The first kappa shape index (κ1) is 21.9. The first-order valence-electron chi connectivity index (χ1n) is 9.01. The number of amides is 1. The Balaban J connectivity index is 1.87. The highest BCUT2D eigenvalue weighted by Crippen LogP contribution is 2.27. The van der Waals surface area contributed by atoms with Gasteiger partial charge in [0, 0.05) is 24.2 Å². The third-order valence-corrected chi connectivity index (χ3v) is 4.36. The highest BCUT2D eigenvalue weighted by Gasteiger charge is 2.30. The van der Waals surface area contributed by atoms with Crippen LogP contribution >= 0.6 is 0 Å². The summed E-state index contributed by atoms with van der Waals surface area (Å²) >= 11 is 0. The molecule has 2 aromatic carbocycles. The number of halogens is 3. The second-order valence-electron chi connectivity index (χ2n) is 6.74. The van der Waals surface area contributed by atoms with Gasteiger partial charge in [-0.25, -0.2) is 9.97 Å². The Hall–Kier alpha value is -3.76. The van der Waals surface area contributed by atoms with Crippen molar-refractivity contribution in [3.63, 3.8) is 0 Å². The minimum atomic E-state index is -4.59. The Morgan fingerprint density at radius 2 is 1.90 bits per heavy atom. The maximum absolute atomic E-state index is 12.9. The molecule has 1 aromatic heterocycles. The van der Waals surface area contributed by atoms with Crippen LogP contribution in [0.3, 0.4) is 0 Å². The van der Waals surface area contributed by atoms with Crippen LogP contribution in [0.15, 0.2) is 42.5 Å². The Morgan fingerprint density at radius 1 is 1.19 bits per heavy atom. The van der Waals surface area contributed by atoms with Gasteiger partial charge in [-0.15, -0.1) is 0 Å². The van der Waals surface area contributed by atoms with E-state index in [-0.39, 0.29) is 12.3 Å². The minimum absolute atomic E-state index is 0.0602. The average Bonchev–Trinajstić information content (AvgIpc) is 2.71. The average molecular weight is 434 g/mol. The van der Waals surface area contributed by atoms with Crippen molar-refractivity contribution >= 4 is 22.5 Å². The predicted molar refractivity (Wildman–Crippen MR) is 105 cm³/mol. The van der Waals surface area contributed by atoms with Crippen LogP contribution in [-0.2, 0) is 6.54 Å². The van der Waals surface area contributed by atoms with Crippen LogP contribution in [0.5, 0.6) is 5.75 Å². The minimum Gasteiger partial charge on any atom is -0.484 e. The summed E-state index contributed by atoms with van der Waals surface area (Å²) in [7, 11) is 1.39. The highest BCUT2D eigenvalue weighted by atomic mass is 19.4. The molecule has 0 N–H and O–H groups in total. The molecule has 8 nitrogen and oxygen atoms in total. The van der Waals surface area contributed by atoms with E-state index >= 15 is 0 Å². The highest BCUT2D eigenvalue weighted by molar-refractivity contribution is 5.98. The molecule has 0 radical (unpaired) electrons. The van der Waals surface area contributed by atoms with E-state index in [1.165, 1.54) is 7.05 Å². The summed E-state index contributed by atoms with van der Waals surface area (Å²) in [5, 5.41) is 12.2. The molecule has 31 heavy (non-hydrogen) atoms. The lowest BCUT2D eigenvalue weighted by Gasteiger charge is -2.18. The molecule has 1 heterocycles. The van der Waals surface area contributed by atoms with Crippen LogP contribution in [0.2, 0.25) is 0 Å². The summed E-state index contributed by atoms with van der Waals surface area (Å²) in [6, 6.07) is 10.2. The molecule has 0 fully saturated rings. The normalized spacial score (nSPS) is 11.4. The van der Waals surface area contributed by atoms with Crippen LogP contribution in [0.25, 0.3) is 10.9 Å². The molecule has 0 saturated heterocycles. The van der Waals surface area contributed by atoms with Crippen molar-refractivity contribution in [1.82, 2.24) is 14.9 Å². The van der Waals surface area contributed by atoms with E-state index in [4.69, 9.17) is 0 Å². The number of nitrogens with zero attached hydrogens (tertiary/aromatic N) is 4. The number of aryl methyl sites for hydroxylation is 1.